The van der Waals surface area contributed by atoms with Crippen LogP contribution < -0.4 is 10.6 Å². The summed E-state index contributed by atoms with van der Waals surface area (Å²) in [6, 6.07) is 5.82. The smallest absolute Gasteiger partial charge is 0.170 e. The van der Waals surface area contributed by atoms with Crippen LogP contribution in [0, 0.1) is 6.92 Å². The van der Waals surface area contributed by atoms with Crippen LogP contribution in [-0.4, -0.2) is 11.7 Å². The summed E-state index contributed by atoms with van der Waals surface area (Å²) in [5.74, 6) is 0. The zero-order valence-electron chi connectivity index (χ0n) is 15.3. The van der Waals surface area contributed by atoms with Crippen molar-refractivity contribution in [2.75, 3.05) is 11.9 Å². The fourth-order valence-corrected chi connectivity index (χ4v) is 3.11. The molecule has 1 rings (SSSR count). The summed E-state index contributed by atoms with van der Waals surface area (Å²) in [7, 11) is 0. The topological polar surface area (TPSA) is 24.1 Å². The predicted octanol–water partition coefficient (Wildman–Crippen LogP) is 6.86. The van der Waals surface area contributed by atoms with Crippen molar-refractivity contribution < 1.29 is 0 Å². The molecular weight excluding hydrogens is 336 g/mol. The Bertz CT molecular complexity index is 477. The van der Waals surface area contributed by atoms with Crippen LogP contribution in [0.15, 0.2) is 18.2 Å². The maximum atomic E-state index is 6.12. The molecular formula is C20H33ClN2S. The summed E-state index contributed by atoms with van der Waals surface area (Å²) in [5, 5.41) is 7.94. The Hall–Kier alpha value is -0.800. The summed E-state index contributed by atoms with van der Waals surface area (Å²) in [6.45, 7) is 5.20. The highest BCUT2D eigenvalue weighted by molar-refractivity contribution is 7.80. The van der Waals surface area contributed by atoms with E-state index in [1.807, 2.05) is 25.1 Å². The molecule has 136 valence electrons. The van der Waals surface area contributed by atoms with Gasteiger partial charge in [0.05, 0.1) is 0 Å². The second kappa shape index (κ2) is 13.5. The lowest BCUT2D eigenvalue weighted by molar-refractivity contribution is 0.555. The van der Waals surface area contributed by atoms with Crippen LogP contribution in [0.1, 0.15) is 76.7 Å². The van der Waals surface area contributed by atoms with E-state index < -0.39 is 0 Å². The summed E-state index contributed by atoms with van der Waals surface area (Å²) in [5.41, 5.74) is 2.00. The van der Waals surface area contributed by atoms with Gasteiger partial charge in [0.25, 0.3) is 0 Å². The van der Waals surface area contributed by atoms with Crippen molar-refractivity contribution in [3.8, 4) is 0 Å². The maximum absolute atomic E-state index is 6.12. The van der Waals surface area contributed by atoms with E-state index in [0.29, 0.717) is 5.11 Å². The van der Waals surface area contributed by atoms with Crippen molar-refractivity contribution in [1.82, 2.24) is 5.32 Å². The average Bonchev–Trinajstić information content (AvgIpc) is 2.57. The molecule has 4 heteroatoms. The lowest BCUT2D eigenvalue weighted by Crippen LogP contribution is -2.29. The molecule has 0 aliphatic heterocycles. The molecule has 2 N–H and O–H groups in total. The van der Waals surface area contributed by atoms with Crippen molar-refractivity contribution in [1.29, 1.82) is 0 Å². The summed E-state index contributed by atoms with van der Waals surface area (Å²) in [6.07, 6.45) is 13.5. The molecule has 0 aliphatic carbocycles. The molecule has 0 fully saturated rings. The zero-order chi connectivity index (χ0) is 17.6. The molecule has 0 radical (unpaired) electrons. The van der Waals surface area contributed by atoms with Gasteiger partial charge in [0, 0.05) is 17.3 Å². The first-order valence-electron chi connectivity index (χ1n) is 9.45. The number of thiocarbonyl (C=S) groups is 1. The number of hydrogen-bond acceptors (Lipinski definition) is 1. The molecule has 2 nitrogen and oxygen atoms in total. The van der Waals surface area contributed by atoms with Gasteiger partial charge in [0.1, 0.15) is 0 Å². The number of anilines is 1. The Morgan fingerprint density at radius 1 is 0.958 bits per heavy atom. The van der Waals surface area contributed by atoms with Gasteiger partial charge in [0.2, 0.25) is 0 Å². The first-order valence-corrected chi connectivity index (χ1v) is 10.2. The molecule has 0 amide bonds. The van der Waals surface area contributed by atoms with Gasteiger partial charge >= 0.3 is 0 Å². The van der Waals surface area contributed by atoms with Gasteiger partial charge in [-0.05, 0) is 43.3 Å². The Morgan fingerprint density at radius 2 is 1.54 bits per heavy atom. The van der Waals surface area contributed by atoms with Crippen LogP contribution in [0.5, 0.6) is 0 Å². The van der Waals surface area contributed by atoms with E-state index in [4.69, 9.17) is 23.8 Å². The van der Waals surface area contributed by atoms with E-state index in [0.717, 1.165) is 22.8 Å². The normalized spacial score (nSPS) is 10.6. The van der Waals surface area contributed by atoms with Gasteiger partial charge in [-0.3, -0.25) is 0 Å². The molecule has 1 aromatic rings. The Balaban J connectivity index is 1.99. The minimum absolute atomic E-state index is 0.677. The summed E-state index contributed by atoms with van der Waals surface area (Å²) < 4.78 is 0. The van der Waals surface area contributed by atoms with Gasteiger partial charge in [-0.1, -0.05) is 82.4 Å². The van der Waals surface area contributed by atoms with E-state index in [1.54, 1.807) is 0 Å². The number of rotatable bonds is 12. The van der Waals surface area contributed by atoms with Gasteiger partial charge in [-0.15, -0.1) is 0 Å². The molecule has 1 aromatic carbocycles. The van der Waals surface area contributed by atoms with E-state index >= 15 is 0 Å². The van der Waals surface area contributed by atoms with E-state index in [2.05, 4.69) is 17.6 Å². The molecule has 0 atom stereocenters. The molecule has 0 aliphatic rings. The highest BCUT2D eigenvalue weighted by Crippen LogP contribution is 2.22. The minimum Gasteiger partial charge on any atom is -0.362 e. The third-order valence-corrected chi connectivity index (χ3v) is 4.99. The Labute approximate surface area is 158 Å². The van der Waals surface area contributed by atoms with Crippen molar-refractivity contribution in [3.05, 3.63) is 28.8 Å². The number of benzene rings is 1. The second-order valence-electron chi connectivity index (χ2n) is 6.48. The summed E-state index contributed by atoms with van der Waals surface area (Å²) >= 11 is 11.5. The first-order chi connectivity index (χ1) is 11.6. The van der Waals surface area contributed by atoms with Crippen LogP contribution in [0.3, 0.4) is 0 Å². The van der Waals surface area contributed by atoms with E-state index in [1.165, 1.54) is 64.2 Å². The number of unbranched alkanes of at least 4 members (excludes halogenated alkanes) is 9. The van der Waals surface area contributed by atoms with Crippen molar-refractivity contribution in [2.24, 2.45) is 0 Å². The third kappa shape index (κ3) is 9.48. The molecule has 0 heterocycles. The maximum Gasteiger partial charge on any atom is 0.170 e. The standard InChI is InChI=1S/C20H33ClN2S/c1-3-4-5-6-7-8-9-10-11-12-16-22-20(24)23-19-15-13-14-18(21)17(19)2/h13-15H,3-12,16H2,1-2H3,(H2,22,23,24). The quantitative estimate of drug-likeness (QED) is 0.311. The molecule has 0 saturated carbocycles. The average molecular weight is 369 g/mol. The first kappa shape index (κ1) is 21.2. The highest BCUT2D eigenvalue weighted by atomic mass is 35.5. The number of hydrogen-bond donors (Lipinski definition) is 2. The van der Waals surface area contributed by atoms with Crippen molar-refractivity contribution in [2.45, 2.75) is 78.1 Å². The van der Waals surface area contributed by atoms with Crippen LogP contribution >= 0.6 is 23.8 Å². The third-order valence-electron chi connectivity index (χ3n) is 4.33. The van der Waals surface area contributed by atoms with Crippen LogP contribution in [0.2, 0.25) is 5.02 Å². The predicted molar refractivity (Wildman–Crippen MR) is 112 cm³/mol. The fourth-order valence-electron chi connectivity index (χ4n) is 2.72. The van der Waals surface area contributed by atoms with Gasteiger partial charge in [-0.2, -0.15) is 0 Å². The molecule has 0 bridgehead atoms. The molecule has 0 aromatic heterocycles. The van der Waals surface area contributed by atoms with E-state index in [9.17, 15) is 0 Å². The Kier molecular flexibility index (Phi) is 11.9. The van der Waals surface area contributed by atoms with Crippen molar-refractivity contribution >= 4 is 34.6 Å². The SMILES string of the molecule is CCCCCCCCCCCCNC(=S)Nc1cccc(Cl)c1C. The fraction of sp³-hybridized carbons (Fsp3) is 0.650. The number of nitrogens with one attached hydrogen (secondary N) is 2. The second-order valence-corrected chi connectivity index (χ2v) is 7.29. The van der Waals surface area contributed by atoms with Gasteiger partial charge < -0.3 is 10.6 Å². The zero-order valence-corrected chi connectivity index (χ0v) is 16.9. The van der Waals surface area contributed by atoms with Gasteiger partial charge in [-0.25, -0.2) is 0 Å². The molecule has 0 saturated heterocycles. The Morgan fingerprint density at radius 3 is 2.17 bits per heavy atom. The number of halogens is 1. The molecule has 24 heavy (non-hydrogen) atoms. The largest absolute Gasteiger partial charge is 0.362 e. The summed E-state index contributed by atoms with van der Waals surface area (Å²) in [4.78, 5) is 0. The van der Waals surface area contributed by atoms with Crippen molar-refractivity contribution in [3.63, 3.8) is 0 Å². The van der Waals surface area contributed by atoms with Crippen LogP contribution in [0.25, 0.3) is 0 Å². The van der Waals surface area contributed by atoms with E-state index in [-0.39, 0.29) is 0 Å². The minimum atomic E-state index is 0.677. The van der Waals surface area contributed by atoms with Crippen LogP contribution in [0.4, 0.5) is 5.69 Å². The lowest BCUT2D eigenvalue weighted by atomic mass is 10.1. The molecule has 0 unspecified atom stereocenters. The lowest BCUT2D eigenvalue weighted by Gasteiger charge is -2.13. The monoisotopic (exact) mass is 368 g/mol. The van der Waals surface area contributed by atoms with Gasteiger partial charge in [0.15, 0.2) is 5.11 Å². The highest BCUT2D eigenvalue weighted by Gasteiger charge is 2.03. The van der Waals surface area contributed by atoms with Crippen LogP contribution in [-0.2, 0) is 0 Å². The molecule has 0 spiro atoms.